The van der Waals surface area contributed by atoms with Gasteiger partial charge in [0.15, 0.2) is 5.92 Å². The number of urea groups is 1. The Morgan fingerprint density at radius 1 is 1.11 bits per heavy atom. The van der Waals surface area contributed by atoms with E-state index in [-0.39, 0.29) is 32.0 Å². The first-order valence-electron chi connectivity index (χ1n) is 11.3. The number of ether oxygens (including phenoxy) is 2. The number of hydrogen-bond acceptors (Lipinski definition) is 8. The Morgan fingerprint density at radius 2 is 1.78 bits per heavy atom. The van der Waals surface area contributed by atoms with Gasteiger partial charge in [-0.1, -0.05) is 12.1 Å². The lowest BCUT2D eigenvalue weighted by molar-refractivity contribution is -0.385. The zero-order valence-electron chi connectivity index (χ0n) is 19.7. The van der Waals surface area contributed by atoms with Crippen molar-refractivity contribution in [3.8, 4) is 0 Å². The number of nitro groups is 1. The molecule has 1 atom stereocenters. The van der Waals surface area contributed by atoms with Gasteiger partial charge >= 0.3 is 18.1 Å². The maximum atomic E-state index is 13.5. The van der Waals surface area contributed by atoms with Gasteiger partial charge in [0.05, 0.1) is 31.2 Å². The second-order valence-corrected chi connectivity index (χ2v) is 8.22. The van der Waals surface area contributed by atoms with Crippen LogP contribution in [-0.2, 0) is 25.6 Å². The van der Waals surface area contributed by atoms with E-state index in [4.69, 9.17) is 9.47 Å². The molecule has 0 aliphatic carbocycles. The van der Waals surface area contributed by atoms with Crippen molar-refractivity contribution in [1.29, 1.82) is 0 Å². The summed E-state index contributed by atoms with van der Waals surface area (Å²) in [6, 6.07) is 10.2. The van der Waals surface area contributed by atoms with E-state index < -0.39 is 34.8 Å². The molecule has 2 aromatic carbocycles. The zero-order valence-corrected chi connectivity index (χ0v) is 19.7. The fourth-order valence-corrected chi connectivity index (χ4v) is 4.20. The minimum Gasteiger partial charge on any atom is -0.465 e. The number of imide groups is 1. The number of amides is 4. The molecule has 0 bridgehead atoms. The number of esters is 1. The van der Waals surface area contributed by atoms with Crippen molar-refractivity contribution in [1.82, 2.24) is 4.90 Å². The molecule has 4 amide bonds. The van der Waals surface area contributed by atoms with E-state index in [9.17, 15) is 29.3 Å². The molecule has 2 saturated heterocycles. The van der Waals surface area contributed by atoms with Gasteiger partial charge in [0.1, 0.15) is 6.61 Å². The van der Waals surface area contributed by atoms with Gasteiger partial charge in [0.2, 0.25) is 5.91 Å². The first kappa shape index (κ1) is 24.6. The van der Waals surface area contributed by atoms with Crippen LogP contribution in [0.5, 0.6) is 0 Å². The highest BCUT2D eigenvalue weighted by Gasteiger charge is 2.44. The third kappa shape index (κ3) is 4.57. The molecule has 12 nitrogen and oxygen atoms in total. The van der Waals surface area contributed by atoms with Gasteiger partial charge in [0, 0.05) is 23.0 Å². The number of hydrogen-bond donors (Lipinski definition) is 0. The fraction of sp³-hybridized carbons (Fsp3) is 0.333. The summed E-state index contributed by atoms with van der Waals surface area (Å²) in [7, 11) is 0. The highest BCUT2D eigenvalue weighted by molar-refractivity contribution is 6.12. The summed E-state index contributed by atoms with van der Waals surface area (Å²) < 4.78 is 10.0. The zero-order chi connectivity index (χ0) is 26.0. The number of benzene rings is 2. The number of cyclic esters (lactones) is 1. The first-order chi connectivity index (χ1) is 17.2. The van der Waals surface area contributed by atoms with Crippen molar-refractivity contribution >= 4 is 41.1 Å². The fourth-order valence-electron chi connectivity index (χ4n) is 4.20. The number of anilines is 2. The molecule has 188 valence electrons. The second kappa shape index (κ2) is 10.0. The molecule has 0 N–H and O–H groups in total. The molecule has 0 spiro atoms. The third-order valence-electron chi connectivity index (χ3n) is 6.14. The van der Waals surface area contributed by atoms with Gasteiger partial charge in [-0.15, -0.1) is 0 Å². The number of rotatable bonds is 7. The van der Waals surface area contributed by atoms with Crippen LogP contribution in [-0.4, -0.2) is 60.1 Å². The molecule has 2 aromatic rings. The minimum atomic E-state index is -1.27. The summed E-state index contributed by atoms with van der Waals surface area (Å²) in [5.74, 6) is -2.77. The van der Waals surface area contributed by atoms with Crippen LogP contribution in [0.4, 0.5) is 26.7 Å². The van der Waals surface area contributed by atoms with Gasteiger partial charge in [-0.25, -0.2) is 9.59 Å². The number of carbonyl (C=O) groups excluding carboxylic acids is 4. The molecule has 0 saturated carbocycles. The van der Waals surface area contributed by atoms with Crippen LogP contribution in [0, 0.1) is 23.0 Å². The topological polar surface area (TPSA) is 140 Å². The molecule has 2 heterocycles. The van der Waals surface area contributed by atoms with E-state index >= 15 is 0 Å². The van der Waals surface area contributed by atoms with Crippen LogP contribution in [0.25, 0.3) is 0 Å². The highest BCUT2D eigenvalue weighted by atomic mass is 16.6. The molecule has 2 aliphatic heterocycles. The molecule has 2 aliphatic rings. The van der Waals surface area contributed by atoms with Gasteiger partial charge in [-0.3, -0.25) is 34.4 Å². The summed E-state index contributed by atoms with van der Waals surface area (Å²) >= 11 is 0. The average molecular weight is 496 g/mol. The normalized spacial score (nSPS) is 17.9. The van der Waals surface area contributed by atoms with Crippen LogP contribution >= 0.6 is 0 Å². The maximum Gasteiger partial charge on any atom is 0.414 e. The van der Waals surface area contributed by atoms with Gasteiger partial charge in [0.25, 0.3) is 5.69 Å². The Kier molecular flexibility index (Phi) is 6.86. The van der Waals surface area contributed by atoms with Crippen molar-refractivity contribution in [2.24, 2.45) is 5.92 Å². The second-order valence-electron chi connectivity index (χ2n) is 8.22. The Bertz CT molecular complexity index is 1230. The van der Waals surface area contributed by atoms with Crippen LogP contribution in [0.3, 0.4) is 0 Å². The largest absolute Gasteiger partial charge is 0.465 e. The molecule has 0 radical (unpaired) electrons. The van der Waals surface area contributed by atoms with Crippen LogP contribution in [0.1, 0.15) is 18.1 Å². The van der Waals surface area contributed by atoms with Crippen molar-refractivity contribution < 1.29 is 33.6 Å². The summed E-state index contributed by atoms with van der Waals surface area (Å²) in [5.41, 5.74) is 1.55. The number of carbonyl (C=O) groups is 4. The van der Waals surface area contributed by atoms with Gasteiger partial charge < -0.3 is 9.47 Å². The van der Waals surface area contributed by atoms with Gasteiger partial charge in [-0.05, 0) is 43.7 Å². The average Bonchev–Trinajstić information content (AvgIpc) is 3.28. The number of nitrogens with zero attached hydrogens (tertiary/aromatic N) is 4. The lowest BCUT2D eigenvalue weighted by Crippen LogP contribution is -2.58. The third-order valence-corrected chi connectivity index (χ3v) is 6.14. The van der Waals surface area contributed by atoms with Crippen molar-refractivity contribution in [3.63, 3.8) is 0 Å². The van der Waals surface area contributed by atoms with Gasteiger partial charge in [-0.2, -0.15) is 0 Å². The first-order valence-corrected chi connectivity index (χ1v) is 11.3. The predicted molar refractivity (Wildman–Crippen MR) is 126 cm³/mol. The van der Waals surface area contributed by atoms with E-state index in [1.165, 1.54) is 28.9 Å². The smallest absolute Gasteiger partial charge is 0.414 e. The molecule has 0 aromatic heterocycles. The summed E-state index contributed by atoms with van der Waals surface area (Å²) in [5, 5.41) is 11.3. The van der Waals surface area contributed by atoms with Crippen LogP contribution in [0.15, 0.2) is 42.5 Å². The SMILES string of the molecule is CCOC(=O)C1CN(c2ccc(N3CCOC3=O)cc2)C(=O)N(Cc2cccc([N+](=O)[O-])c2C)C1=O. The molecule has 36 heavy (non-hydrogen) atoms. The van der Waals surface area contributed by atoms with Crippen molar-refractivity contribution in [3.05, 3.63) is 63.7 Å². The lowest BCUT2D eigenvalue weighted by atomic mass is 10.0. The van der Waals surface area contributed by atoms with E-state index in [0.29, 0.717) is 29.0 Å². The standard InChI is InChI=1S/C24H24N4O8/c1-3-35-22(30)19-14-26(18-9-7-17(8-10-18)25-11-12-36-24(25)32)23(31)27(21(19)29)13-16-5-4-6-20(15(16)2)28(33)34/h4-10,19H,3,11-14H2,1-2H3. The van der Waals surface area contributed by atoms with E-state index in [1.807, 2.05) is 0 Å². The monoisotopic (exact) mass is 496 g/mol. The minimum absolute atomic E-state index is 0.0567. The maximum absolute atomic E-state index is 13.5. The number of nitro benzene ring substituents is 1. The molecular formula is C24H24N4O8. The molecule has 1 unspecified atom stereocenters. The Hall–Kier alpha value is -4.48. The van der Waals surface area contributed by atoms with Crippen molar-refractivity contribution in [2.45, 2.75) is 20.4 Å². The highest BCUT2D eigenvalue weighted by Crippen LogP contribution is 2.30. The van der Waals surface area contributed by atoms with E-state index in [1.54, 1.807) is 37.3 Å². The van der Waals surface area contributed by atoms with Crippen LogP contribution < -0.4 is 9.80 Å². The van der Waals surface area contributed by atoms with Crippen molar-refractivity contribution in [2.75, 3.05) is 36.1 Å². The Morgan fingerprint density at radius 3 is 2.36 bits per heavy atom. The van der Waals surface area contributed by atoms with Crippen LogP contribution in [0.2, 0.25) is 0 Å². The molecular weight excluding hydrogens is 472 g/mol. The molecule has 12 heteroatoms. The summed E-state index contributed by atoms with van der Waals surface area (Å²) in [6.07, 6.45) is -0.469. The summed E-state index contributed by atoms with van der Waals surface area (Å²) in [6.45, 7) is 3.40. The Labute approximate surface area is 206 Å². The Balaban J connectivity index is 1.66. The molecule has 4 rings (SSSR count). The predicted octanol–water partition coefficient (Wildman–Crippen LogP) is 3.01. The quantitative estimate of drug-likeness (QED) is 0.247. The van der Waals surface area contributed by atoms with E-state index in [2.05, 4.69) is 0 Å². The molecule has 2 fully saturated rings. The van der Waals surface area contributed by atoms with E-state index in [0.717, 1.165) is 4.90 Å². The summed E-state index contributed by atoms with van der Waals surface area (Å²) in [4.78, 5) is 65.6. The lowest BCUT2D eigenvalue weighted by Gasteiger charge is -2.37.